The van der Waals surface area contributed by atoms with E-state index in [0.29, 0.717) is 17.9 Å². The molecule has 118 valence electrons. The number of phenolic OH excluding ortho intramolecular Hbond substituents is 1. The van der Waals surface area contributed by atoms with Crippen LogP contribution >= 0.6 is 0 Å². The minimum Gasteiger partial charge on any atom is -0.507 e. The van der Waals surface area contributed by atoms with Crippen LogP contribution in [0.4, 0.5) is 5.82 Å². The van der Waals surface area contributed by atoms with Gasteiger partial charge < -0.3 is 16.2 Å². The van der Waals surface area contributed by atoms with E-state index in [1.165, 1.54) is 0 Å². The smallest absolute Gasteiger partial charge is 0.165 e. The molecule has 0 radical (unpaired) electrons. The summed E-state index contributed by atoms with van der Waals surface area (Å²) in [5.74, 6) is 1.39. The van der Waals surface area contributed by atoms with Crippen LogP contribution in [0, 0.1) is 0 Å². The molecule has 0 amide bonds. The lowest BCUT2D eigenvalue weighted by atomic mass is 10.1. The Morgan fingerprint density at radius 2 is 1.83 bits per heavy atom. The minimum absolute atomic E-state index is 0.0669. The molecule has 1 heterocycles. The number of aromatic hydroxyl groups is 1. The van der Waals surface area contributed by atoms with Gasteiger partial charge in [-0.2, -0.15) is 0 Å². The lowest BCUT2D eigenvalue weighted by molar-refractivity contribution is 0.477. The largest absolute Gasteiger partial charge is 0.507 e. The Morgan fingerprint density at radius 3 is 2.61 bits per heavy atom. The number of para-hydroxylation sites is 2. The molecule has 0 bridgehead atoms. The van der Waals surface area contributed by atoms with Gasteiger partial charge in [0.1, 0.15) is 11.6 Å². The number of nitrogens with two attached hydrogens (primary N) is 1. The fourth-order valence-corrected chi connectivity index (χ4v) is 2.37. The summed E-state index contributed by atoms with van der Waals surface area (Å²) in [6.45, 7) is 2.69. The Bertz CT molecular complexity index is 819. The first kappa shape index (κ1) is 15.2. The number of fused-ring (bicyclic) bond motifs is 1. The molecule has 0 aliphatic carbocycles. The topological polar surface area (TPSA) is 84.1 Å². The highest BCUT2D eigenvalue weighted by Gasteiger charge is 2.12. The number of aromatic nitrogens is 2. The van der Waals surface area contributed by atoms with E-state index >= 15 is 0 Å². The molecule has 0 fully saturated rings. The van der Waals surface area contributed by atoms with Crippen LogP contribution < -0.4 is 11.1 Å². The zero-order chi connectivity index (χ0) is 16.2. The lowest BCUT2D eigenvalue weighted by Crippen LogP contribution is -2.28. The molecule has 0 unspecified atom stereocenters. The van der Waals surface area contributed by atoms with Crippen molar-refractivity contribution >= 4 is 16.7 Å². The van der Waals surface area contributed by atoms with Gasteiger partial charge in [-0.05, 0) is 30.7 Å². The number of nitrogens with zero attached hydrogens (tertiary/aromatic N) is 2. The Kier molecular flexibility index (Phi) is 4.39. The van der Waals surface area contributed by atoms with Crippen LogP contribution in [0.25, 0.3) is 22.3 Å². The van der Waals surface area contributed by atoms with E-state index in [4.69, 9.17) is 5.73 Å². The van der Waals surface area contributed by atoms with Gasteiger partial charge in [0.25, 0.3) is 0 Å². The number of hydrogen-bond acceptors (Lipinski definition) is 5. The van der Waals surface area contributed by atoms with Crippen molar-refractivity contribution in [3.8, 4) is 17.1 Å². The Labute approximate surface area is 135 Å². The van der Waals surface area contributed by atoms with Crippen molar-refractivity contribution in [2.45, 2.75) is 19.4 Å². The predicted molar refractivity (Wildman–Crippen MR) is 93.4 cm³/mol. The second kappa shape index (κ2) is 6.62. The SMILES string of the molecule is CC[C@@H](N)CNc1nc(-c2ccccc2O)nc2ccccc12. The van der Waals surface area contributed by atoms with Crippen molar-refractivity contribution < 1.29 is 5.11 Å². The molecule has 5 heteroatoms. The maximum atomic E-state index is 10.1. The zero-order valence-electron chi connectivity index (χ0n) is 13.0. The van der Waals surface area contributed by atoms with Crippen molar-refractivity contribution in [3.05, 3.63) is 48.5 Å². The van der Waals surface area contributed by atoms with E-state index in [-0.39, 0.29) is 11.8 Å². The number of nitrogens with one attached hydrogen (secondary N) is 1. The molecule has 2 aromatic carbocycles. The van der Waals surface area contributed by atoms with Crippen molar-refractivity contribution in [3.63, 3.8) is 0 Å². The van der Waals surface area contributed by atoms with Crippen molar-refractivity contribution in [1.29, 1.82) is 0 Å². The molecule has 1 atom stereocenters. The van der Waals surface area contributed by atoms with Gasteiger partial charge >= 0.3 is 0 Å². The molecule has 5 nitrogen and oxygen atoms in total. The van der Waals surface area contributed by atoms with Crippen LogP contribution in [0.1, 0.15) is 13.3 Å². The van der Waals surface area contributed by atoms with Gasteiger partial charge in [-0.3, -0.25) is 0 Å². The van der Waals surface area contributed by atoms with Crippen LogP contribution in [0.5, 0.6) is 5.75 Å². The zero-order valence-corrected chi connectivity index (χ0v) is 13.0. The molecule has 0 aliphatic rings. The van der Waals surface area contributed by atoms with E-state index in [9.17, 15) is 5.11 Å². The van der Waals surface area contributed by atoms with E-state index in [1.54, 1.807) is 18.2 Å². The summed E-state index contributed by atoms with van der Waals surface area (Å²) in [4.78, 5) is 9.17. The highest BCUT2D eigenvalue weighted by atomic mass is 16.3. The van der Waals surface area contributed by atoms with Gasteiger partial charge in [0.15, 0.2) is 5.82 Å². The van der Waals surface area contributed by atoms with Crippen molar-refractivity contribution in [2.24, 2.45) is 5.73 Å². The van der Waals surface area contributed by atoms with Gasteiger partial charge in [0.05, 0.1) is 11.1 Å². The van der Waals surface area contributed by atoms with Gasteiger partial charge in [-0.1, -0.05) is 31.2 Å². The highest BCUT2D eigenvalue weighted by molar-refractivity contribution is 5.90. The second-order valence-electron chi connectivity index (χ2n) is 5.48. The average molecular weight is 308 g/mol. The van der Waals surface area contributed by atoms with Crippen LogP contribution in [-0.2, 0) is 0 Å². The second-order valence-corrected chi connectivity index (χ2v) is 5.48. The summed E-state index contributed by atoms with van der Waals surface area (Å²) in [7, 11) is 0. The van der Waals surface area contributed by atoms with Gasteiger partial charge in [0.2, 0.25) is 0 Å². The fraction of sp³-hybridized carbons (Fsp3) is 0.222. The third kappa shape index (κ3) is 3.24. The molecule has 3 rings (SSSR count). The standard InChI is InChI=1S/C18H20N4O/c1-2-12(19)11-20-17-13-7-3-5-9-15(13)21-18(22-17)14-8-4-6-10-16(14)23/h3-10,12,23H,2,11,19H2,1H3,(H,20,21,22)/t12-/m1/s1. The first-order valence-corrected chi connectivity index (χ1v) is 7.73. The van der Waals surface area contributed by atoms with Crippen molar-refractivity contribution in [1.82, 2.24) is 9.97 Å². The molecule has 0 spiro atoms. The number of anilines is 1. The van der Waals surface area contributed by atoms with E-state index in [0.717, 1.165) is 23.1 Å². The third-order valence-electron chi connectivity index (χ3n) is 3.80. The summed E-state index contributed by atoms with van der Waals surface area (Å²) >= 11 is 0. The highest BCUT2D eigenvalue weighted by Crippen LogP contribution is 2.29. The molecule has 23 heavy (non-hydrogen) atoms. The van der Waals surface area contributed by atoms with E-state index in [1.807, 2.05) is 30.3 Å². The summed E-state index contributed by atoms with van der Waals surface area (Å²) < 4.78 is 0. The number of benzene rings is 2. The Hall–Kier alpha value is -2.66. The molecular weight excluding hydrogens is 288 g/mol. The monoisotopic (exact) mass is 308 g/mol. The molecule has 4 N–H and O–H groups in total. The molecule has 1 aromatic heterocycles. The fourth-order valence-electron chi connectivity index (χ4n) is 2.37. The van der Waals surface area contributed by atoms with Crippen LogP contribution in [0.2, 0.25) is 0 Å². The van der Waals surface area contributed by atoms with Gasteiger partial charge in [-0.15, -0.1) is 0 Å². The summed E-state index contributed by atoms with van der Waals surface area (Å²) in [5, 5.41) is 14.3. The van der Waals surface area contributed by atoms with Gasteiger partial charge in [0, 0.05) is 18.0 Å². The number of phenols is 1. The van der Waals surface area contributed by atoms with E-state index < -0.39 is 0 Å². The quantitative estimate of drug-likeness (QED) is 0.674. The predicted octanol–water partition coefficient (Wildman–Crippen LogP) is 3.15. The first-order valence-electron chi connectivity index (χ1n) is 7.73. The molecule has 0 saturated carbocycles. The van der Waals surface area contributed by atoms with Crippen LogP contribution in [0.3, 0.4) is 0 Å². The summed E-state index contributed by atoms with van der Waals surface area (Å²) in [5.41, 5.74) is 7.43. The summed E-state index contributed by atoms with van der Waals surface area (Å²) in [6, 6.07) is 14.9. The average Bonchev–Trinajstić information content (AvgIpc) is 2.59. The maximum absolute atomic E-state index is 10.1. The van der Waals surface area contributed by atoms with Crippen molar-refractivity contribution in [2.75, 3.05) is 11.9 Å². The lowest BCUT2D eigenvalue weighted by Gasteiger charge is -2.14. The van der Waals surface area contributed by atoms with E-state index in [2.05, 4.69) is 22.2 Å². The maximum Gasteiger partial charge on any atom is 0.165 e. The normalized spacial score (nSPS) is 12.3. The summed E-state index contributed by atoms with van der Waals surface area (Å²) in [6.07, 6.45) is 0.891. The molecule has 3 aromatic rings. The third-order valence-corrected chi connectivity index (χ3v) is 3.80. The van der Waals surface area contributed by atoms with Crippen LogP contribution in [0.15, 0.2) is 48.5 Å². The minimum atomic E-state index is 0.0669. The molecule has 0 aliphatic heterocycles. The Morgan fingerprint density at radius 1 is 1.09 bits per heavy atom. The number of rotatable bonds is 5. The molecule has 0 saturated heterocycles. The Balaban J connectivity index is 2.08. The first-order chi connectivity index (χ1) is 11.2. The molecular formula is C18H20N4O. The van der Waals surface area contributed by atoms with Crippen LogP contribution in [-0.4, -0.2) is 27.7 Å². The number of hydrogen-bond donors (Lipinski definition) is 3. The van der Waals surface area contributed by atoms with Gasteiger partial charge in [-0.25, -0.2) is 9.97 Å².